The van der Waals surface area contributed by atoms with E-state index in [9.17, 15) is 5.11 Å². The van der Waals surface area contributed by atoms with Crippen LogP contribution in [0.1, 0.15) is 37.3 Å². The number of rotatable bonds is 5. The van der Waals surface area contributed by atoms with E-state index < -0.39 is 0 Å². The standard InChI is InChI=1S/C17H19Cl2NO/c1-3-11(2)12-4-6-15(7-5-12)20-10-13-8-14(18)9-16(19)17(13)21/h4-9,11,20-21H,3,10H2,1-2H3. The topological polar surface area (TPSA) is 32.3 Å². The highest BCUT2D eigenvalue weighted by atomic mass is 35.5. The Kier molecular flexibility index (Phi) is 5.38. The fourth-order valence-electron chi connectivity index (χ4n) is 2.12. The van der Waals surface area contributed by atoms with Crippen molar-refractivity contribution in [2.75, 3.05) is 5.32 Å². The minimum atomic E-state index is 0.0739. The quantitative estimate of drug-likeness (QED) is 0.726. The van der Waals surface area contributed by atoms with E-state index in [1.165, 1.54) is 11.6 Å². The summed E-state index contributed by atoms with van der Waals surface area (Å²) in [7, 11) is 0. The van der Waals surface area contributed by atoms with Gasteiger partial charge in [0.15, 0.2) is 0 Å². The molecule has 112 valence electrons. The number of hydrogen-bond acceptors (Lipinski definition) is 2. The summed E-state index contributed by atoms with van der Waals surface area (Å²) >= 11 is 11.9. The van der Waals surface area contributed by atoms with Crippen LogP contribution in [0.5, 0.6) is 5.75 Å². The van der Waals surface area contributed by atoms with Gasteiger partial charge in [0.1, 0.15) is 5.75 Å². The van der Waals surface area contributed by atoms with Gasteiger partial charge in [0.25, 0.3) is 0 Å². The molecular formula is C17H19Cl2NO. The van der Waals surface area contributed by atoms with Crippen LogP contribution in [0, 0.1) is 0 Å². The molecular weight excluding hydrogens is 305 g/mol. The molecule has 0 spiro atoms. The summed E-state index contributed by atoms with van der Waals surface area (Å²) < 4.78 is 0. The zero-order chi connectivity index (χ0) is 15.4. The summed E-state index contributed by atoms with van der Waals surface area (Å²) in [6.07, 6.45) is 1.13. The van der Waals surface area contributed by atoms with E-state index in [2.05, 4.69) is 31.3 Å². The van der Waals surface area contributed by atoms with Gasteiger partial charge in [-0.2, -0.15) is 0 Å². The monoisotopic (exact) mass is 323 g/mol. The molecule has 1 atom stereocenters. The second kappa shape index (κ2) is 7.06. The highest BCUT2D eigenvalue weighted by Gasteiger charge is 2.08. The number of halogens is 2. The van der Waals surface area contributed by atoms with Gasteiger partial charge in [0.05, 0.1) is 5.02 Å². The number of anilines is 1. The highest BCUT2D eigenvalue weighted by Crippen LogP contribution is 2.31. The first-order valence-electron chi connectivity index (χ1n) is 7.02. The molecule has 0 aromatic heterocycles. The average Bonchev–Trinajstić information content (AvgIpc) is 2.49. The molecule has 2 nitrogen and oxygen atoms in total. The molecule has 21 heavy (non-hydrogen) atoms. The van der Waals surface area contributed by atoms with Gasteiger partial charge in [-0.1, -0.05) is 49.2 Å². The molecule has 2 aromatic rings. The molecule has 0 aliphatic heterocycles. The molecule has 0 aliphatic carbocycles. The van der Waals surface area contributed by atoms with E-state index in [1.807, 2.05) is 12.1 Å². The first kappa shape index (κ1) is 16.0. The first-order chi connectivity index (χ1) is 10.0. The molecule has 0 radical (unpaired) electrons. The molecule has 1 unspecified atom stereocenters. The van der Waals surface area contributed by atoms with Gasteiger partial charge in [-0.25, -0.2) is 0 Å². The summed E-state index contributed by atoms with van der Waals surface area (Å²) in [5, 5.41) is 14.0. The molecule has 0 aliphatic rings. The molecule has 2 aromatic carbocycles. The van der Waals surface area contributed by atoms with Crippen molar-refractivity contribution in [3.63, 3.8) is 0 Å². The Bertz CT molecular complexity index is 611. The zero-order valence-corrected chi connectivity index (χ0v) is 13.7. The number of benzene rings is 2. The van der Waals surface area contributed by atoms with E-state index in [0.29, 0.717) is 23.0 Å². The van der Waals surface area contributed by atoms with E-state index >= 15 is 0 Å². The van der Waals surface area contributed by atoms with Gasteiger partial charge in [-0.3, -0.25) is 0 Å². The van der Waals surface area contributed by atoms with Crippen molar-refractivity contribution < 1.29 is 5.11 Å². The van der Waals surface area contributed by atoms with Crippen molar-refractivity contribution in [2.24, 2.45) is 0 Å². The van der Waals surface area contributed by atoms with E-state index in [0.717, 1.165) is 12.1 Å². The Hall–Kier alpha value is -1.38. The third-order valence-electron chi connectivity index (χ3n) is 3.68. The second-order valence-corrected chi connectivity index (χ2v) is 6.02. The Balaban J connectivity index is 2.06. The summed E-state index contributed by atoms with van der Waals surface area (Å²) in [5.74, 6) is 0.639. The molecule has 0 fully saturated rings. The average molecular weight is 324 g/mol. The minimum absolute atomic E-state index is 0.0739. The van der Waals surface area contributed by atoms with E-state index in [-0.39, 0.29) is 10.8 Å². The van der Waals surface area contributed by atoms with Crippen LogP contribution >= 0.6 is 23.2 Å². The van der Waals surface area contributed by atoms with Gasteiger partial charge >= 0.3 is 0 Å². The fourth-order valence-corrected chi connectivity index (χ4v) is 2.65. The lowest BCUT2D eigenvalue weighted by Gasteiger charge is -2.12. The molecule has 0 saturated heterocycles. The van der Waals surface area contributed by atoms with E-state index in [4.69, 9.17) is 23.2 Å². The Morgan fingerprint density at radius 2 is 1.81 bits per heavy atom. The number of aromatic hydroxyl groups is 1. The highest BCUT2D eigenvalue weighted by molar-refractivity contribution is 6.35. The van der Waals surface area contributed by atoms with Crippen molar-refractivity contribution in [3.8, 4) is 5.75 Å². The maximum Gasteiger partial charge on any atom is 0.139 e. The van der Waals surface area contributed by atoms with Crippen LogP contribution < -0.4 is 5.32 Å². The van der Waals surface area contributed by atoms with Gasteiger partial charge in [0.2, 0.25) is 0 Å². The van der Waals surface area contributed by atoms with Crippen molar-refractivity contribution in [1.82, 2.24) is 0 Å². The zero-order valence-electron chi connectivity index (χ0n) is 12.2. The predicted molar refractivity (Wildman–Crippen MR) is 90.6 cm³/mol. The lowest BCUT2D eigenvalue weighted by molar-refractivity contribution is 0.469. The molecule has 2 N–H and O–H groups in total. The maximum absolute atomic E-state index is 9.92. The Labute approximate surface area is 135 Å². The van der Waals surface area contributed by atoms with Crippen LogP contribution in [0.3, 0.4) is 0 Å². The van der Waals surface area contributed by atoms with Crippen LogP contribution in [0.2, 0.25) is 10.0 Å². The largest absolute Gasteiger partial charge is 0.506 e. The van der Waals surface area contributed by atoms with E-state index in [1.54, 1.807) is 6.07 Å². The molecule has 2 rings (SSSR count). The van der Waals surface area contributed by atoms with Crippen molar-refractivity contribution in [2.45, 2.75) is 32.7 Å². The number of nitrogens with one attached hydrogen (secondary N) is 1. The second-order valence-electron chi connectivity index (χ2n) is 5.18. The molecule has 0 saturated carbocycles. The van der Waals surface area contributed by atoms with Crippen LogP contribution in [0.15, 0.2) is 36.4 Å². The normalized spacial score (nSPS) is 12.2. The lowest BCUT2D eigenvalue weighted by atomic mass is 9.98. The SMILES string of the molecule is CCC(C)c1ccc(NCc2cc(Cl)cc(Cl)c2O)cc1. The Morgan fingerprint density at radius 1 is 1.14 bits per heavy atom. The third-order valence-corrected chi connectivity index (χ3v) is 4.19. The summed E-state index contributed by atoms with van der Waals surface area (Å²) in [5.41, 5.74) is 3.01. The fraction of sp³-hybridized carbons (Fsp3) is 0.294. The predicted octanol–water partition coefficient (Wildman–Crippen LogP) is 5.82. The summed E-state index contributed by atoms with van der Waals surface area (Å²) in [6.45, 7) is 4.87. The maximum atomic E-state index is 9.92. The van der Waals surface area contributed by atoms with Crippen LogP contribution in [-0.2, 0) is 6.54 Å². The number of phenolic OH excluding ortho intramolecular Hbond substituents is 1. The third kappa shape index (κ3) is 4.05. The van der Waals surface area contributed by atoms with Crippen molar-refractivity contribution >= 4 is 28.9 Å². The summed E-state index contributed by atoms with van der Waals surface area (Å²) in [6, 6.07) is 11.6. The van der Waals surface area contributed by atoms with Crippen LogP contribution in [0.4, 0.5) is 5.69 Å². The van der Waals surface area contributed by atoms with Crippen LogP contribution in [0.25, 0.3) is 0 Å². The number of hydrogen-bond donors (Lipinski definition) is 2. The summed E-state index contributed by atoms with van der Waals surface area (Å²) in [4.78, 5) is 0. The van der Waals surface area contributed by atoms with Crippen molar-refractivity contribution in [1.29, 1.82) is 0 Å². The van der Waals surface area contributed by atoms with Crippen molar-refractivity contribution in [3.05, 3.63) is 57.6 Å². The van der Waals surface area contributed by atoms with Gasteiger partial charge < -0.3 is 10.4 Å². The van der Waals surface area contributed by atoms with Gasteiger partial charge in [0, 0.05) is 22.8 Å². The smallest absolute Gasteiger partial charge is 0.139 e. The molecule has 0 amide bonds. The Morgan fingerprint density at radius 3 is 2.43 bits per heavy atom. The molecule has 0 heterocycles. The van der Waals surface area contributed by atoms with Gasteiger partial charge in [-0.05, 0) is 42.2 Å². The molecule has 0 bridgehead atoms. The number of phenols is 1. The van der Waals surface area contributed by atoms with Gasteiger partial charge in [-0.15, -0.1) is 0 Å². The lowest BCUT2D eigenvalue weighted by Crippen LogP contribution is -2.00. The first-order valence-corrected chi connectivity index (χ1v) is 7.77. The van der Waals surface area contributed by atoms with Crippen LogP contribution in [-0.4, -0.2) is 5.11 Å². The minimum Gasteiger partial charge on any atom is -0.506 e. The molecule has 4 heteroatoms.